The highest BCUT2D eigenvalue weighted by Crippen LogP contribution is 2.33. The molecule has 0 unspecified atom stereocenters. The Labute approximate surface area is 156 Å². The molecule has 0 spiro atoms. The number of thiazole rings is 1. The van der Waals surface area contributed by atoms with E-state index in [2.05, 4.69) is 102 Å². The summed E-state index contributed by atoms with van der Waals surface area (Å²) in [7, 11) is 0. The highest BCUT2D eigenvalue weighted by molar-refractivity contribution is 7.21. The first-order chi connectivity index (χ1) is 12.9. The molecule has 0 aliphatic carbocycles. The van der Waals surface area contributed by atoms with Gasteiger partial charge in [0, 0.05) is 11.6 Å². The summed E-state index contributed by atoms with van der Waals surface area (Å²) in [4.78, 5) is 0. The molecule has 0 N–H and O–H groups in total. The van der Waals surface area contributed by atoms with E-state index in [0.29, 0.717) is 0 Å². The summed E-state index contributed by atoms with van der Waals surface area (Å²) >= 11 is 1.87. The zero-order chi connectivity index (χ0) is 17.3. The van der Waals surface area contributed by atoms with Crippen LogP contribution in [0.25, 0.3) is 31.6 Å². The van der Waals surface area contributed by atoms with Crippen molar-refractivity contribution < 1.29 is 4.57 Å². The van der Waals surface area contributed by atoms with Crippen LogP contribution >= 0.6 is 11.3 Å². The Morgan fingerprint density at radius 3 is 2.31 bits per heavy atom. The van der Waals surface area contributed by atoms with Crippen molar-refractivity contribution in [2.24, 2.45) is 0 Å². The minimum Gasteiger partial charge on any atom is -0.177 e. The van der Waals surface area contributed by atoms with Gasteiger partial charge in [0.05, 0.1) is 5.56 Å². The lowest BCUT2D eigenvalue weighted by Crippen LogP contribution is -2.35. The second kappa shape index (κ2) is 6.40. The molecule has 124 valence electrons. The lowest BCUT2D eigenvalue weighted by Gasteiger charge is -2.04. The van der Waals surface area contributed by atoms with Gasteiger partial charge < -0.3 is 0 Å². The van der Waals surface area contributed by atoms with Crippen LogP contribution in [0, 0.1) is 0 Å². The van der Waals surface area contributed by atoms with Crippen molar-refractivity contribution >= 4 is 32.3 Å². The first-order valence-corrected chi connectivity index (χ1v) is 9.65. The summed E-state index contributed by atoms with van der Waals surface area (Å²) in [6.07, 6.45) is 0. The molecule has 0 atom stereocenters. The van der Waals surface area contributed by atoms with Gasteiger partial charge in [-0.1, -0.05) is 90.2 Å². The summed E-state index contributed by atoms with van der Waals surface area (Å²) < 4.78 is 3.78. The maximum absolute atomic E-state index is 2.46. The molecule has 0 saturated heterocycles. The van der Waals surface area contributed by atoms with Crippen LogP contribution in [0.2, 0.25) is 0 Å². The smallest absolute Gasteiger partial charge is 0.177 e. The number of benzene rings is 4. The van der Waals surface area contributed by atoms with Crippen LogP contribution in [0.3, 0.4) is 0 Å². The molecule has 1 aromatic heterocycles. The van der Waals surface area contributed by atoms with Gasteiger partial charge in [-0.2, -0.15) is 4.57 Å². The van der Waals surface area contributed by atoms with E-state index in [4.69, 9.17) is 0 Å². The second-order valence-electron chi connectivity index (χ2n) is 6.47. The number of fused-ring (bicyclic) bond motifs is 2. The highest BCUT2D eigenvalue weighted by atomic mass is 32.1. The minimum absolute atomic E-state index is 0.878. The summed E-state index contributed by atoms with van der Waals surface area (Å²) in [5.74, 6) is 0. The van der Waals surface area contributed by atoms with Crippen LogP contribution in [-0.4, -0.2) is 0 Å². The minimum atomic E-state index is 0.878. The van der Waals surface area contributed by atoms with E-state index < -0.39 is 0 Å². The highest BCUT2D eigenvalue weighted by Gasteiger charge is 2.23. The van der Waals surface area contributed by atoms with Crippen LogP contribution < -0.4 is 4.57 Å². The van der Waals surface area contributed by atoms with Crippen LogP contribution in [0.1, 0.15) is 5.56 Å². The molecule has 5 aromatic rings. The first kappa shape index (κ1) is 15.3. The van der Waals surface area contributed by atoms with Crippen molar-refractivity contribution in [3.05, 3.63) is 103 Å². The number of aromatic nitrogens is 1. The fourth-order valence-electron chi connectivity index (χ4n) is 3.57. The van der Waals surface area contributed by atoms with Crippen LogP contribution in [0.15, 0.2) is 97.1 Å². The fraction of sp³-hybridized carbons (Fsp3) is 0.0417. The first-order valence-electron chi connectivity index (χ1n) is 8.83. The molecule has 5 rings (SSSR count). The Morgan fingerprint density at radius 2 is 1.38 bits per heavy atom. The number of hydrogen-bond donors (Lipinski definition) is 0. The maximum atomic E-state index is 2.46. The van der Waals surface area contributed by atoms with E-state index in [-0.39, 0.29) is 0 Å². The Kier molecular flexibility index (Phi) is 3.76. The average Bonchev–Trinajstić information content (AvgIpc) is 3.07. The molecule has 0 aliphatic heterocycles. The number of rotatable bonds is 3. The maximum Gasteiger partial charge on any atom is 0.271 e. The largest absolute Gasteiger partial charge is 0.271 e. The molecule has 1 heterocycles. The van der Waals surface area contributed by atoms with E-state index >= 15 is 0 Å². The van der Waals surface area contributed by atoms with Crippen molar-refractivity contribution in [2.75, 3.05) is 0 Å². The summed E-state index contributed by atoms with van der Waals surface area (Å²) in [6.45, 7) is 0.878. The standard InChI is InChI=1S/C24H18NS/c1-2-9-18(10-3-1)17-25-22-15-6-7-16-23(22)26-24(25)21-14-8-12-19-11-4-5-13-20(19)21/h1-16H,17H2/q+1. The van der Waals surface area contributed by atoms with Gasteiger partial charge in [0.1, 0.15) is 4.70 Å². The van der Waals surface area contributed by atoms with Crippen LogP contribution in [-0.2, 0) is 6.54 Å². The van der Waals surface area contributed by atoms with Gasteiger partial charge in [0.15, 0.2) is 6.54 Å². The van der Waals surface area contributed by atoms with Crippen LogP contribution in [0.4, 0.5) is 0 Å². The zero-order valence-corrected chi connectivity index (χ0v) is 15.1. The van der Waals surface area contributed by atoms with E-state index in [1.165, 1.54) is 37.1 Å². The third-order valence-electron chi connectivity index (χ3n) is 4.81. The Balaban J connectivity index is 1.78. The van der Waals surface area contributed by atoms with Crippen molar-refractivity contribution in [2.45, 2.75) is 6.54 Å². The number of nitrogens with zero attached hydrogens (tertiary/aromatic N) is 1. The molecule has 0 fully saturated rings. The SMILES string of the molecule is c1ccc(C[n+]2c(-c3cccc4ccccc34)sc3ccccc32)cc1. The van der Waals surface area contributed by atoms with E-state index in [1.807, 2.05) is 11.3 Å². The van der Waals surface area contributed by atoms with Gasteiger partial charge in [-0.05, 0) is 22.9 Å². The average molecular weight is 352 g/mol. The molecule has 26 heavy (non-hydrogen) atoms. The molecule has 4 aromatic carbocycles. The lowest BCUT2D eigenvalue weighted by atomic mass is 10.0. The van der Waals surface area contributed by atoms with Crippen molar-refractivity contribution in [3.8, 4) is 10.6 Å². The van der Waals surface area contributed by atoms with Crippen LogP contribution in [0.5, 0.6) is 0 Å². The van der Waals surface area contributed by atoms with Crippen molar-refractivity contribution in [1.82, 2.24) is 0 Å². The Bertz CT molecular complexity index is 1200. The third-order valence-corrected chi connectivity index (χ3v) is 6.01. The molecule has 2 heteroatoms. The molecule has 0 saturated carbocycles. The van der Waals surface area contributed by atoms with Gasteiger partial charge in [-0.15, -0.1) is 0 Å². The lowest BCUT2D eigenvalue weighted by molar-refractivity contribution is -0.647. The quantitative estimate of drug-likeness (QED) is 0.348. The molecule has 0 bridgehead atoms. The molecule has 1 nitrogen and oxygen atoms in total. The number of para-hydroxylation sites is 1. The molecule has 0 amide bonds. The normalized spacial score (nSPS) is 11.2. The van der Waals surface area contributed by atoms with Gasteiger partial charge in [-0.3, -0.25) is 0 Å². The molecular formula is C24H18NS+. The topological polar surface area (TPSA) is 3.88 Å². The predicted octanol–water partition coefficient (Wildman–Crippen LogP) is 6.06. The van der Waals surface area contributed by atoms with E-state index in [9.17, 15) is 0 Å². The summed E-state index contributed by atoms with van der Waals surface area (Å²) in [5, 5.41) is 3.91. The Morgan fingerprint density at radius 1 is 0.654 bits per heavy atom. The van der Waals surface area contributed by atoms with Crippen molar-refractivity contribution in [3.63, 3.8) is 0 Å². The molecule has 0 aliphatic rings. The molecular weight excluding hydrogens is 334 g/mol. The monoisotopic (exact) mass is 352 g/mol. The van der Waals surface area contributed by atoms with Gasteiger partial charge >= 0.3 is 0 Å². The summed E-state index contributed by atoms with van der Waals surface area (Å²) in [5.41, 5.74) is 3.92. The molecule has 0 radical (unpaired) electrons. The zero-order valence-electron chi connectivity index (χ0n) is 14.3. The van der Waals surface area contributed by atoms with Gasteiger partial charge in [0.25, 0.3) is 5.01 Å². The van der Waals surface area contributed by atoms with Crippen molar-refractivity contribution in [1.29, 1.82) is 0 Å². The second-order valence-corrected chi connectivity index (χ2v) is 7.50. The van der Waals surface area contributed by atoms with Gasteiger partial charge in [-0.25, -0.2) is 0 Å². The number of hydrogen-bond acceptors (Lipinski definition) is 1. The predicted molar refractivity (Wildman–Crippen MR) is 111 cm³/mol. The van der Waals surface area contributed by atoms with E-state index in [1.54, 1.807) is 0 Å². The van der Waals surface area contributed by atoms with E-state index in [0.717, 1.165) is 6.54 Å². The third kappa shape index (κ3) is 2.59. The Hall–Kier alpha value is -2.97. The summed E-state index contributed by atoms with van der Waals surface area (Å²) in [6, 6.07) is 34.6. The van der Waals surface area contributed by atoms with Gasteiger partial charge in [0.2, 0.25) is 5.52 Å². The fourth-order valence-corrected chi connectivity index (χ4v) is 4.77.